The molecule has 1 fully saturated rings. The van der Waals surface area contributed by atoms with Gasteiger partial charge in [0.05, 0.1) is 18.6 Å². The Kier molecular flexibility index (Phi) is 5.67. The number of Topliss-reactive ketones (excluding diaryl/α,β-unsaturated/α-hetero) is 1. The summed E-state index contributed by atoms with van der Waals surface area (Å²) in [4.78, 5) is 30.9. The molecule has 0 radical (unpaired) electrons. The molecule has 1 aliphatic carbocycles. The quantitative estimate of drug-likeness (QED) is 0.678. The van der Waals surface area contributed by atoms with Gasteiger partial charge in [-0.15, -0.1) is 0 Å². The number of ketones is 1. The van der Waals surface area contributed by atoms with Crippen LogP contribution in [0, 0.1) is 5.92 Å². The molecule has 0 amide bonds. The van der Waals surface area contributed by atoms with Gasteiger partial charge >= 0.3 is 5.97 Å². The SMILES string of the molecule is CCc1ccc([C@@H]2C(C(=O)OC)=C(C)N=C3C[C@H](c4ccccc4)CC(=O)C32)cc1. The maximum atomic E-state index is 13.4. The van der Waals surface area contributed by atoms with Crippen molar-refractivity contribution in [3.05, 3.63) is 82.6 Å². The number of nitrogens with zero attached hydrogens (tertiary/aromatic N) is 1. The molecule has 1 saturated carbocycles. The Labute approximate surface area is 177 Å². The summed E-state index contributed by atoms with van der Waals surface area (Å²) in [5.41, 5.74) is 5.39. The second-order valence-corrected chi connectivity index (χ2v) is 8.13. The van der Waals surface area contributed by atoms with Crippen molar-refractivity contribution in [2.45, 2.75) is 44.9 Å². The predicted octanol–water partition coefficient (Wildman–Crippen LogP) is 5.00. The molecule has 0 saturated heterocycles. The summed E-state index contributed by atoms with van der Waals surface area (Å²) in [6.07, 6.45) is 2.14. The zero-order valence-electron chi connectivity index (χ0n) is 17.7. The minimum Gasteiger partial charge on any atom is -0.466 e. The van der Waals surface area contributed by atoms with E-state index in [-0.39, 0.29) is 17.6 Å². The summed E-state index contributed by atoms with van der Waals surface area (Å²) in [5.74, 6) is -0.884. The van der Waals surface area contributed by atoms with Crippen molar-refractivity contribution in [2.24, 2.45) is 10.9 Å². The van der Waals surface area contributed by atoms with Crippen LogP contribution in [0.25, 0.3) is 0 Å². The number of hydrogen-bond donors (Lipinski definition) is 0. The van der Waals surface area contributed by atoms with Crippen LogP contribution in [-0.4, -0.2) is 24.6 Å². The Morgan fingerprint density at radius 3 is 2.33 bits per heavy atom. The van der Waals surface area contributed by atoms with Crippen molar-refractivity contribution in [1.82, 2.24) is 0 Å². The Hall–Kier alpha value is -3.01. The first kappa shape index (κ1) is 20.3. The molecular weight excluding hydrogens is 374 g/mol. The third-order valence-electron chi connectivity index (χ3n) is 6.38. The van der Waals surface area contributed by atoms with E-state index in [1.165, 1.54) is 12.7 Å². The smallest absolute Gasteiger partial charge is 0.336 e. The molecular formula is C26H27NO3. The van der Waals surface area contributed by atoms with Gasteiger partial charge in [-0.05, 0) is 42.4 Å². The van der Waals surface area contributed by atoms with Crippen LogP contribution >= 0.6 is 0 Å². The first-order valence-electron chi connectivity index (χ1n) is 10.6. The summed E-state index contributed by atoms with van der Waals surface area (Å²) < 4.78 is 5.08. The van der Waals surface area contributed by atoms with E-state index in [1.807, 2.05) is 37.3 Å². The average Bonchev–Trinajstić information content (AvgIpc) is 2.78. The molecule has 0 N–H and O–H groups in total. The van der Waals surface area contributed by atoms with Crippen molar-refractivity contribution >= 4 is 17.5 Å². The van der Waals surface area contributed by atoms with Crippen LogP contribution in [-0.2, 0) is 20.7 Å². The largest absolute Gasteiger partial charge is 0.466 e. The van der Waals surface area contributed by atoms with E-state index in [2.05, 4.69) is 31.2 Å². The highest BCUT2D eigenvalue weighted by molar-refractivity contribution is 6.12. The number of esters is 1. The Morgan fingerprint density at radius 1 is 1.00 bits per heavy atom. The molecule has 154 valence electrons. The van der Waals surface area contributed by atoms with Gasteiger partial charge in [0, 0.05) is 23.7 Å². The van der Waals surface area contributed by atoms with Crippen molar-refractivity contribution in [3.63, 3.8) is 0 Å². The second-order valence-electron chi connectivity index (χ2n) is 8.13. The Balaban J connectivity index is 1.78. The molecule has 4 heteroatoms. The van der Waals surface area contributed by atoms with Gasteiger partial charge in [0.15, 0.2) is 0 Å². The van der Waals surface area contributed by atoms with Crippen molar-refractivity contribution in [2.75, 3.05) is 7.11 Å². The van der Waals surface area contributed by atoms with Gasteiger partial charge < -0.3 is 4.74 Å². The van der Waals surface area contributed by atoms with Gasteiger partial charge in [-0.1, -0.05) is 61.5 Å². The average molecular weight is 402 g/mol. The predicted molar refractivity (Wildman–Crippen MR) is 118 cm³/mol. The van der Waals surface area contributed by atoms with Crippen LogP contribution in [0.1, 0.15) is 55.2 Å². The third kappa shape index (κ3) is 3.62. The van der Waals surface area contributed by atoms with Crippen LogP contribution in [0.5, 0.6) is 0 Å². The van der Waals surface area contributed by atoms with E-state index in [1.54, 1.807) is 0 Å². The molecule has 2 aromatic carbocycles. The van der Waals surface area contributed by atoms with Crippen LogP contribution in [0.3, 0.4) is 0 Å². The lowest BCUT2D eigenvalue weighted by atomic mass is 9.66. The molecule has 2 aliphatic rings. The fourth-order valence-electron chi connectivity index (χ4n) is 4.83. The monoisotopic (exact) mass is 401 g/mol. The number of aryl methyl sites for hydroxylation is 1. The highest BCUT2D eigenvalue weighted by Crippen LogP contribution is 2.45. The number of fused-ring (bicyclic) bond motifs is 1. The molecule has 2 aromatic rings. The first-order chi connectivity index (χ1) is 14.5. The fourth-order valence-corrected chi connectivity index (χ4v) is 4.83. The number of hydrogen-bond acceptors (Lipinski definition) is 4. The van der Waals surface area contributed by atoms with Crippen molar-refractivity contribution < 1.29 is 14.3 Å². The molecule has 4 rings (SSSR count). The number of rotatable bonds is 4. The highest BCUT2D eigenvalue weighted by Gasteiger charge is 2.45. The number of aliphatic imine (C=N–C) groups is 1. The molecule has 0 bridgehead atoms. The van der Waals surface area contributed by atoms with E-state index < -0.39 is 11.9 Å². The Morgan fingerprint density at radius 2 is 1.70 bits per heavy atom. The normalized spacial score (nSPS) is 23.6. The summed E-state index contributed by atoms with van der Waals surface area (Å²) in [6.45, 7) is 3.96. The second kappa shape index (κ2) is 8.39. The van der Waals surface area contributed by atoms with Crippen LogP contribution in [0.2, 0.25) is 0 Å². The number of allylic oxidation sites excluding steroid dienone is 1. The van der Waals surface area contributed by atoms with E-state index in [0.29, 0.717) is 17.7 Å². The fraction of sp³-hybridized carbons (Fsp3) is 0.346. The maximum absolute atomic E-state index is 13.4. The molecule has 1 unspecified atom stereocenters. The Bertz CT molecular complexity index is 1020. The lowest BCUT2D eigenvalue weighted by Crippen LogP contribution is -2.41. The van der Waals surface area contributed by atoms with Gasteiger partial charge in [0.2, 0.25) is 0 Å². The zero-order valence-corrected chi connectivity index (χ0v) is 17.7. The molecule has 1 aliphatic heterocycles. The number of carbonyl (C=O) groups excluding carboxylic acids is 2. The molecule has 0 spiro atoms. The third-order valence-corrected chi connectivity index (χ3v) is 6.38. The van der Waals surface area contributed by atoms with E-state index in [0.717, 1.165) is 29.7 Å². The van der Waals surface area contributed by atoms with Gasteiger partial charge in [-0.2, -0.15) is 0 Å². The van der Waals surface area contributed by atoms with Gasteiger partial charge in [-0.25, -0.2) is 4.79 Å². The summed E-state index contributed by atoms with van der Waals surface area (Å²) in [7, 11) is 1.38. The van der Waals surface area contributed by atoms with E-state index in [9.17, 15) is 9.59 Å². The van der Waals surface area contributed by atoms with Gasteiger partial charge in [0.1, 0.15) is 5.78 Å². The summed E-state index contributed by atoms with van der Waals surface area (Å²) in [5, 5.41) is 0. The number of methoxy groups -OCH3 is 1. The minimum atomic E-state index is -0.407. The molecule has 30 heavy (non-hydrogen) atoms. The lowest BCUT2D eigenvalue weighted by molar-refractivity contribution is -0.136. The molecule has 1 heterocycles. The zero-order chi connectivity index (χ0) is 21.3. The molecule has 0 aromatic heterocycles. The first-order valence-corrected chi connectivity index (χ1v) is 10.6. The minimum absolute atomic E-state index is 0.129. The van der Waals surface area contributed by atoms with Gasteiger partial charge in [-0.3, -0.25) is 9.79 Å². The van der Waals surface area contributed by atoms with Gasteiger partial charge in [0.25, 0.3) is 0 Å². The van der Waals surface area contributed by atoms with E-state index >= 15 is 0 Å². The van der Waals surface area contributed by atoms with E-state index in [4.69, 9.17) is 9.73 Å². The number of benzene rings is 2. The number of carbonyl (C=O) groups is 2. The maximum Gasteiger partial charge on any atom is 0.336 e. The highest BCUT2D eigenvalue weighted by atomic mass is 16.5. The van der Waals surface area contributed by atoms with Crippen molar-refractivity contribution in [3.8, 4) is 0 Å². The molecule has 3 atom stereocenters. The standard InChI is InChI=1S/C26H27NO3/c1-4-17-10-12-19(13-11-17)24-23(26(29)30-3)16(2)27-21-14-20(15-22(28)25(21)24)18-8-6-5-7-9-18/h5-13,20,24-25H,4,14-15H2,1-3H3/t20-,24+,25?/m0/s1. The lowest BCUT2D eigenvalue weighted by Gasteiger charge is -2.38. The topological polar surface area (TPSA) is 55.7 Å². The summed E-state index contributed by atoms with van der Waals surface area (Å²) in [6, 6.07) is 18.4. The van der Waals surface area contributed by atoms with Crippen LogP contribution in [0.4, 0.5) is 0 Å². The summed E-state index contributed by atoms with van der Waals surface area (Å²) >= 11 is 0. The number of ether oxygens (including phenoxy) is 1. The molecule has 4 nitrogen and oxygen atoms in total. The van der Waals surface area contributed by atoms with Crippen LogP contribution < -0.4 is 0 Å². The van der Waals surface area contributed by atoms with Crippen LogP contribution in [0.15, 0.2) is 70.9 Å². The van der Waals surface area contributed by atoms with Crippen molar-refractivity contribution in [1.29, 1.82) is 0 Å².